The number of nitrogens with two attached hydrogens (primary N) is 4. The van der Waals surface area contributed by atoms with Gasteiger partial charge in [0.1, 0.15) is 0 Å². The first-order valence-electron chi connectivity index (χ1n) is 1.76. The molecule has 0 rings (SSSR count). The third-order valence-electron chi connectivity index (χ3n) is 0.461. The van der Waals surface area contributed by atoms with E-state index in [1.807, 2.05) is 0 Å². The van der Waals surface area contributed by atoms with Crippen LogP contribution in [-0.2, 0) is 26.7 Å². The van der Waals surface area contributed by atoms with Gasteiger partial charge in [-0.15, -0.1) is 0 Å². The zero-order valence-electron chi connectivity index (χ0n) is 4.43. The van der Waals surface area contributed by atoms with Crippen LogP contribution in [0.1, 0.15) is 0 Å². The molecule has 9 heavy (non-hydrogen) atoms. The molecule has 0 atom stereocenters. The molecule has 0 bridgehead atoms. The standard InChI is InChI=1S/C2H8N4O2.Cu/c3-2(4,5)1(7)8-6;/h3-6H2;. The Morgan fingerprint density at radius 2 is 1.67 bits per heavy atom. The second-order valence-corrected chi connectivity index (χ2v) is 1.34. The molecule has 7 heteroatoms. The average molecular weight is 184 g/mol. The van der Waals surface area contributed by atoms with Gasteiger partial charge in [-0.25, -0.2) is 4.79 Å². The van der Waals surface area contributed by atoms with Crippen LogP contribution >= 0.6 is 0 Å². The Balaban J connectivity index is 0. The summed E-state index contributed by atoms with van der Waals surface area (Å²) in [5, 5.41) is 0. The zero-order valence-corrected chi connectivity index (χ0v) is 5.37. The monoisotopic (exact) mass is 183 g/mol. The van der Waals surface area contributed by atoms with Crippen molar-refractivity contribution in [2.75, 3.05) is 0 Å². The molecular weight excluding hydrogens is 176 g/mol. The fraction of sp³-hybridized carbons (Fsp3) is 0.500. The van der Waals surface area contributed by atoms with Gasteiger partial charge in [-0.3, -0.25) is 17.2 Å². The summed E-state index contributed by atoms with van der Waals surface area (Å²) in [6.45, 7) is 0. The molecule has 59 valence electrons. The summed E-state index contributed by atoms with van der Waals surface area (Å²) < 4.78 is 0. The first kappa shape index (κ1) is 11.6. The second-order valence-electron chi connectivity index (χ2n) is 1.34. The molecule has 0 saturated heterocycles. The maximum atomic E-state index is 10.1. The molecule has 0 aromatic rings. The summed E-state index contributed by atoms with van der Waals surface area (Å²) in [4.78, 5) is 13.7. The molecule has 1 radical (unpaired) electrons. The van der Waals surface area contributed by atoms with Gasteiger partial charge < -0.3 is 4.84 Å². The molecule has 0 aliphatic rings. The molecule has 0 spiro atoms. The molecule has 0 saturated carbocycles. The smallest absolute Gasteiger partial charge is 0.370 e. The maximum Gasteiger partial charge on any atom is 0.374 e. The van der Waals surface area contributed by atoms with Gasteiger partial charge in [0, 0.05) is 17.1 Å². The summed E-state index contributed by atoms with van der Waals surface area (Å²) in [7, 11) is 0. The van der Waals surface area contributed by atoms with E-state index in [1.165, 1.54) is 0 Å². The molecular formula is C2H8CuN4O2. The van der Waals surface area contributed by atoms with E-state index in [1.54, 1.807) is 0 Å². The summed E-state index contributed by atoms with van der Waals surface area (Å²) >= 11 is 0. The van der Waals surface area contributed by atoms with Gasteiger partial charge in [-0.2, -0.15) is 5.90 Å². The first-order valence-corrected chi connectivity index (χ1v) is 1.76. The van der Waals surface area contributed by atoms with Crippen LogP contribution in [0.2, 0.25) is 0 Å². The Labute approximate surface area is 62.3 Å². The van der Waals surface area contributed by atoms with Crippen LogP contribution in [0.3, 0.4) is 0 Å². The molecule has 6 nitrogen and oxygen atoms in total. The molecule has 0 aliphatic heterocycles. The Morgan fingerprint density at radius 3 is 1.67 bits per heavy atom. The summed E-state index contributed by atoms with van der Waals surface area (Å²) in [5.74, 6) is 1.33. The van der Waals surface area contributed by atoms with E-state index < -0.39 is 11.8 Å². The minimum absolute atomic E-state index is 0. The van der Waals surface area contributed by atoms with E-state index in [-0.39, 0.29) is 17.1 Å². The molecule has 0 aliphatic carbocycles. The van der Waals surface area contributed by atoms with Crippen LogP contribution in [0, 0.1) is 0 Å². The van der Waals surface area contributed by atoms with E-state index in [2.05, 4.69) is 10.7 Å². The van der Waals surface area contributed by atoms with Crippen LogP contribution < -0.4 is 23.1 Å². The minimum atomic E-state index is -1.98. The van der Waals surface area contributed by atoms with Crippen molar-refractivity contribution in [3.05, 3.63) is 0 Å². The predicted molar refractivity (Wildman–Crippen MR) is 25.6 cm³/mol. The van der Waals surface area contributed by atoms with E-state index in [4.69, 9.17) is 17.2 Å². The number of carbonyl (C=O) groups is 1. The van der Waals surface area contributed by atoms with Crippen LogP contribution in [0.15, 0.2) is 0 Å². The van der Waals surface area contributed by atoms with Crippen molar-refractivity contribution >= 4 is 5.97 Å². The normalized spacial score (nSPS) is 9.78. The van der Waals surface area contributed by atoms with Gasteiger partial charge in [0.2, 0.25) is 5.79 Å². The van der Waals surface area contributed by atoms with Crippen molar-refractivity contribution in [1.29, 1.82) is 0 Å². The third kappa shape index (κ3) is 4.34. The number of hydrogen-bond donors (Lipinski definition) is 4. The summed E-state index contributed by atoms with van der Waals surface area (Å²) in [6.07, 6.45) is 0. The summed E-state index contributed by atoms with van der Waals surface area (Å²) in [6, 6.07) is 0. The van der Waals surface area contributed by atoms with Gasteiger partial charge >= 0.3 is 5.97 Å². The number of rotatable bonds is 1. The second kappa shape index (κ2) is 3.78. The van der Waals surface area contributed by atoms with E-state index >= 15 is 0 Å². The number of carbonyl (C=O) groups excluding carboxylic acids is 1. The SMILES string of the molecule is NOC(=O)C(N)(N)N.[Cu]. The van der Waals surface area contributed by atoms with Crippen molar-refractivity contribution in [2.24, 2.45) is 23.1 Å². The number of hydrogen-bond acceptors (Lipinski definition) is 6. The fourth-order valence-corrected chi connectivity index (χ4v) is 0.102. The average Bonchev–Trinajstić information content (AvgIpc) is 1.62. The molecule has 0 aromatic heterocycles. The van der Waals surface area contributed by atoms with E-state index in [0.29, 0.717) is 0 Å². The Morgan fingerprint density at radius 1 is 1.33 bits per heavy atom. The van der Waals surface area contributed by atoms with Gasteiger partial charge in [-0.1, -0.05) is 0 Å². The van der Waals surface area contributed by atoms with Crippen LogP contribution in [0.25, 0.3) is 0 Å². The maximum absolute atomic E-state index is 10.1. The van der Waals surface area contributed by atoms with Gasteiger partial charge in [0.05, 0.1) is 0 Å². The molecule has 0 amide bonds. The zero-order chi connectivity index (χ0) is 6.78. The van der Waals surface area contributed by atoms with E-state index in [9.17, 15) is 4.79 Å². The predicted octanol–water partition coefficient (Wildman–Crippen LogP) is -3.07. The summed E-state index contributed by atoms with van der Waals surface area (Å²) in [5.41, 5.74) is 14.4. The molecule has 0 heterocycles. The largest absolute Gasteiger partial charge is 0.374 e. The van der Waals surface area contributed by atoms with Crippen molar-refractivity contribution in [3.63, 3.8) is 0 Å². The Bertz CT molecular complexity index is 99.2. The van der Waals surface area contributed by atoms with Crippen LogP contribution in [0.5, 0.6) is 0 Å². The Kier molecular flexibility index (Phi) is 4.87. The van der Waals surface area contributed by atoms with Gasteiger partial charge in [-0.05, 0) is 0 Å². The topological polar surface area (TPSA) is 130 Å². The minimum Gasteiger partial charge on any atom is -0.370 e. The third-order valence-corrected chi connectivity index (χ3v) is 0.461. The molecule has 0 aromatic carbocycles. The first-order chi connectivity index (χ1) is 3.48. The molecule has 8 N–H and O–H groups in total. The molecule has 0 fully saturated rings. The van der Waals surface area contributed by atoms with Crippen LogP contribution in [-0.4, -0.2) is 11.8 Å². The fourth-order valence-electron chi connectivity index (χ4n) is 0.102. The van der Waals surface area contributed by atoms with Gasteiger partial charge in [0.25, 0.3) is 0 Å². The van der Waals surface area contributed by atoms with Crippen molar-refractivity contribution < 1.29 is 26.7 Å². The molecule has 0 unspecified atom stereocenters. The van der Waals surface area contributed by atoms with Crippen molar-refractivity contribution in [3.8, 4) is 0 Å². The Hall–Kier alpha value is -0.171. The van der Waals surface area contributed by atoms with E-state index in [0.717, 1.165) is 0 Å². The van der Waals surface area contributed by atoms with Gasteiger partial charge in [0.15, 0.2) is 0 Å². The van der Waals surface area contributed by atoms with Crippen molar-refractivity contribution in [1.82, 2.24) is 0 Å². The van der Waals surface area contributed by atoms with Crippen LogP contribution in [0.4, 0.5) is 0 Å². The quantitative estimate of drug-likeness (QED) is 0.194. The van der Waals surface area contributed by atoms with Crippen molar-refractivity contribution in [2.45, 2.75) is 5.79 Å².